The number of nitrogen functional groups attached to an aromatic ring is 1. The number of hydrogen-bond donors (Lipinski definition) is 1. The summed E-state index contributed by atoms with van der Waals surface area (Å²) in [6, 6.07) is 7.39. The first-order valence-electron chi connectivity index (χ1n) is 6.42. The lowest BCUT2D eigenvalue weighted by atomic mass is 10.2. The number of benzene rings is 1. The Morgan fingerprint density at radius 2 is 1.90 bits per heavy atom. The van der Waals surface area contributed by atoms with Crippen LogP contribution in [0.25, 0.3) is 11.0 Å². The summed E-state index contributed by atoms with van der Waals surface area (Å²) < 4.78 is 23.2. The fourth-order valence-corrected chi connectivity index (χ4v) is 4.29. The molecule has 2 aromatic rings. The van der Waals surface area contributed by atoms with Gasteiger partial charge in [-0.1, -0.05) is 12.1 Å². The van der Waals surface area contributed by atoms with Crippen LogP contribution in [0.3, 0.4) is 0 Å². The van der Waals surface area contributed by atoms with Gasteiger partial charge in [0.05, 0.1) is 22.5 Å². The highest BCUT2D eigenvalue weighted by Crippen LogP contribution is 2.26. The third-order valence-corrected chi connectivity index (χ3v) is 5.42. The zero-order chi connectivity index (χ0) is 14.3. The molecular formula is C13H16N4O2S. The standard InChI is InChI=1S/C13H16N4O2S/c1-17(9-6-7-20(18,19)8-9)13-12(14)15-10-4-2-3-5-11(10)16-13/h2-5,9H,6-8H2,1H3,(H2,14,15). The molecule has 1 atom stereocenters. The van der Waals surface area contributed by atoms with Crippen LogP contribution in [0.5, 0.6) is 0 Å². The normalized spacial score (nSPS) is 21.1. The van der Waals surface area contributed by atoms with Gasteiger partial charge in [-0.3, -0.25) is 0 Å². The second-order valence-electron chi connectivity index (χ2n) is 5.09. The number of hydrogen-bond acceptors (Lipinski definition) is 6. The number of fused-ring (bicyclic) bond motifs is 1. The molecule has 1 aliphatic heterocycles. The van der Waals surface area contributed by atoms with Crippen molar-refractivity contribution in [2.45, 2.75) is 12.5 Å². The molecule has 1 unspecified atom stereocenters. The predicted molar refractivity (Wildman–Crippen MR) is 79.4 cm³/mol. The Morgan fingerprint density at radius 1 is 1.25 bits per heavy atom. The Labute approximate surface area is 117 Å². The molecule has 0 radical (unpaired) electrons. The van der Waals surface area contributed by atoms with Crippen molar-refractivity contribution in [3.05, 3.63) is 24.3 Å². The third kappa shape index (κ3) is 2.29. The smallest absolute Gasteiger partial charge is 0.172 e. The first-order valence-corrected chi connectivity index (χ1v) is 8.24. The molecule has 6 nitrogen and oxygen atoms in total. The van der Waals surface area contributed by atoms with Crippen LogP contribution in [-0.4, -0.2) is 43.0 Å². The molecule has 20 heavy (non-hydrogen) atoms. The summed E-state index contributed by atoms with van der Waals surface area (Å²) in [5, 5.41) is 0. The molecule has 106 valence electrons. The van der Waals surface area contributed by atoms with E-state index in [4.69, 9.17) is 5.73 Å². The topological polar surface area (TPSA) is 89.2 Å². The van der Waals surface area contributed by atoms with Crippen molar-refractivity contribution in [1.82, 2.24) is 9.97 Å². The summed E-state index contributed by atoms with van der Waals surface area (Å²) in [6.07, 6.45) is 0.604. The second-order valence-corrected chi connectivity index (χ2v) is 7.32. The van der Waals surface area contributed by atoms with Crippen molar-refractivity contribution >= 4 is 32.5 Å². The Kier molecular flexibility index (Phi) is 3.01. The number of anilines is 2. The van der Waals surface area contributed by atoms with Gasteiger partial charge >= 0.3 is 0 Å². The van der Waals surface area contributed by atoms with E-state index in [9.17, 15) is 8.42 Å². The molecule has 2 heterocycles. The average Bonchev–Trinajstić information content (AvgIpc) is 2.77. The largest absolute Gasteiger partial charge is 0.381 e. The van der Waals surface area contributed by atoms with Crippen LogP contribution in [0.15, 0.2) is 24.3 Å². The van der Waals surface area contributed by atoms with Crippen LogP contribution < -0.4 is 10.6 Å². The predicted octanol–water partition coefficient (Wildman–Crippen LogP) is 0.835. The van der Waals surface area contributed by atoms with E-state index in [-0.39, 0.29) is 17.5 Å². The lowest BCUT2D eigenvalue weighted by Gasteiger charge is -2.25. The molecule has 0 amide bonds. The maximum atomic E-state index is 11.6. The molecule has 1 aliphatic rings. The molecule has 1 aromatic heterocycles. The van der Waals surface area contributed by atoms with Crippen LogP contribution in [0.1, 0.15) is 6.42 Å². The molecule has 3 rings (SSSR count). The zero-order valence-electron chi connectivity index (χ0n) is 11.2. The quantitative estimate of drug-likeness (QED) is 0.882. The van der Waals surface area contributed by atoms with Gasteiger partial charge in [0.25, 0.3) is 0 Å². The Bertz CT molecular complexity index is 760. The van der Waals surface area contributed by atoms with Crippen LogP contribution >= 0.6 is 0 Å². The highest BCUT2D eigenvalue weighted by atomic mass is 32.2. The Hall–Kier alpha value is -1.89. The van der Waals surface area contributed by atoms with Gasteiger partial charge in [-0.25, -0.2) is 18.4 Å². The highest BCUT2D eigenvalue weighted by molar-refractivity contribution is 7.91. The van der Waals surface area contributed by atoms with E-state index in [1.165, 1.54) is 0 Å². The first kappa shape index (κ1) is 13.1. The second kappa shape index (κ2) is 4.59. The summed E-state index contributed by atoms with van der Waals surface area (Å²) in [4.78, 5) is 10.7. The average molecular weight is 292 g/mol. The minimum atomic E-state index is -2.93. The molecule has 0 aliphatic carbocycles. The fourth-order valence-electron chi connectivity index (χ4n) is 2.52. The molecule has 0 spiro atoms. The number of rotatable bonds is 2. The SMILES string of the molecule is CN(c1nc2ccccc2nc1N)C1CCS(=O)(=O)C1. The van der Waals surface area contributed by atoms with Gasteiger partial charge in [-0.05, 0) is 18.6 Å². The minimum absolute atomic E-state index is 0.0854. The number of aromatic nitrogens is 2. The van der Waals surface area contributed by atoms with Crippen molar-refractivity contribution in [3.63, 3.8) is 0 Å². The lowest BCUT2D eigenvalue weighted by Crippen LogP contribution is -2.34. The van der Waals surface area contributed by atoms with Gasteiger partial charge in [-0.15, -0.1) is 0 Å². The maximum absolute atomic E-state index is 11.6. The molecule has 0 saturated carbocycles. The highest BCUT2D eigenvalue weighted by Gasteiger charge is 2.32. The number of nitrogens with two attached hydrogens (primary N) is 1. The van der Waals surface area contributed by atoms with Crippen molar-refractivity contribution in [2.75, 3.05) is 29.2 Å². The summed E-state index contributed by atoms with van der Waals surface area (Å²) in [6.45, 7) is 0. The van der Waals surface area contributed by atoms with E-state index >= 15 is 0 Å². The number of sulfone groups is 1. The van der Waals surface area contributed by atoms with E-state index in [2.05, 4.69) is 9.97 Å². The van der Waals surface area contributed by atoms with Crippen LogP contribution in [-0.2, 0) is 9.84 Å². The first-order chi connectivity index (χ1) is 9.46. The van der Waals surface area contributed by atoms with Gasteiger partial charge in [-0.2, -0.15) is 0 Å². The monoisotopic (exact) mass is 292 g/mol. The minimum Gasteiger partial charge on any atom is -0.381 e. The molecule has 1 aromatic carbocycles. The van der Waals surface area contributed by atoms with Crippen molar-refractivity contribution in [3.8, 4) is 0 Å². The Balaban J connectivity index is 1.99. The molecule has 1 fully saturated rings. The summed E-state index contributed by atoms with van der Waals surface area (Å²) in [5.74, 6) is 1.25. The number of nitrogens with zero attached hydrogens (tertiary/aromatic N) is 3. The van der Waals surface area contributed by atoms with E-state index < -0.39 is 9.84 Å². The summed E-state index contributed by atoms with van der Waals surface area (Å²) in [7, 11) is -1.11. The zero-order valence-corrected chi connectivity index (χ0v) is 12.0. The van der Waals surface area contributed by atoms with Crippen LogP contribution in [0, 0.1) is 0 Å². The third-order valence-electron chi connectivity index (χ3n) is 3.67. The molecule has 2 N–H and O–H groups in total. The molecule has 0 bridgehead atoms. The lowest BCUT2D eigenvalue weighted by molar-refractivity contribution is 0.600. The van der Waals surface area contributed by atoms with Crippen molar-refractivity contribution in [2.24, 2.45) is 0 Å². The van der Waals surface area contributed by atoms with Gasteiger partial charge in [0.2, 0.25) is 0 Å². The van der Waals surface area contributed by atoms with E-state index in [0.29, 0.717) is 18.1 Å². The maximum Gasteiger partial charge on any atom is 0.172 e. The van der Waals surface area contributed by atoms with Crippen molar-refractivity contribution < 1.29 is 8.42 Å². The van der Waals surface area contributed by atoms with E-state index in [0.717, 1.165) is 11.0 Å². The van der Waals surface area contributed by atoms with Crippen LogP contribution in [0.4, 0.5) is 11.6 Å². The molecule has 1 saturated heterocycles. The van der Waals surface area contributed by atoms with E-state index in [1.807, 2.05) is 36.2 Å². The van der Waals surface area contributed by atoms with Crippen molar-refractivity contribution in [1.29, 1.82) is 0 Å². The van der Waals surface area contributed by atoms with E-state index in [1.54, 1.807) is 0 Å². The van der Waals surface area contributed by atoms with Gasteiger partial charge in [0.1, 0.15) is 0 Å². The fraction of sp³-hybridized carbons (Fsp3) is 0.385. The van der Waals surface area contributed by atoms with Gasteiger partial charge in [0.15, 0.2) is 21.5 Å². The summed E-state index contributed by atoms with van der Waals surface area (Å²) >= 11 is 0. The molecule has 7 heteroatoms. The summed E-state index contributed by atoms with van der Waals surface area (Å²) in [5.41, 5.74) is 7.45. The molecular weight excluding hydrogens is 276 g/mol. The van der Waals surface area contributed by atoms with Crippen LogP contribution in [0.2, 0.25) is 0 Å². The number of para-hydroxylation sites is 2. The van der Waals surface area contributed by atoms with Gasteiger partial charge in [0, 0.05) is 13.1 Å². The van der Waals surface area contributed by atoms with Gasteiger partial charge < -0.3 is 10.6 Å². The Morgan fingerprint density at radius 3 is 2.50 bits per heavy atom.